The molecule has 0 unspecified atom stereocenters. The summed E-state index contributed by atoms with van der Waals surface area (Å²) in [4.78, 5) is 12.1. The SMILES string of the molecule is O=C(Cc1cccc(Cl)c1)Nc1n[nH]c2cc(Br)ccc12. The van der Waals surface area contributed by atoms with Crippen LogP contribution in [-0.4, -0.2) is 16.1 Å². The van der Waals surface area contributed by atoms with Gasteiger partial charge in [-0.1, -0.05) is 39.7 Å². The standard InChI is InChI=1S/C15H11BrClN3O/c16-10-4-5-12-13(8-10)19-20-15(12)18-14(21)7-9-2-1-3-11(17)6-9/h1-6,8H,7H2,(H2,18,19,20,21). The number of anilines is 1. The molecule has 0 aliphatic heterocycles. The maximum Gasteiger partial charge on any atom is 0.230 e. The topological polar surface area (TPSA) is 57.8 Å². The van der Waals surface area contributed by atoms with Gasteiger partial charge in [0.25, 0.3) is 0 Å². The predicted molar refractivity (Wildman–Crippen MR) is 87.6 cm³/mol. The lowest BCUT2D eigenvalue weighted by Gasteiger charge is -2.03. The van der Waals surface area contributed by atoms with Crippen molar-refractivity contribution < 1.29 is 4.79 Å². The van der Waals surface area contributed by atoms with Gasteiger partial charge in [0.1, 0.15) is 0 Å². The maximum absolute atomic E-state index is 12.1. The number of fused-ring (bicyclic) bond motifs is 1. The summed E-state index contributed by atoms with van der Waals surface area (Å²) in [6.07, 6.45) is 0.255. The van der Waals surface area contributed by atoms with Crippen LogP contribution in [0.25, 0.3) is 10.9 Å². The maximum atomic E-state index is 12.1. The van der Waals surface area contributed by atoms with Gasteiger partial charge < -0.3 is 5.32 Å². The van der Waals surface area contributed by atoms with E-state index >= 15 is 0 Å². The number of hydrogen-bond donors (Lipinski definition) is 2. The Bertz CT molecular complexity index is 816. The van der Waals surface area contributed by atoms with Crippen molar-refractivity contribution in [1.82, 2.24) is 10.2 Å². The number of benzene rings is 2. The van der Waals surface area contributed by atoms with Gasteiger partial charge >= 0.3 is 0 Å². The van der Waals surface area contributed by atoms with Gasteiger partial charge in [-0.3, -0.25) is 9.89 Å². The highest BCUT2D eigenvalue weighted by molar-refractivity contribution is 9.10. The molecule has 3 aromatic rings. The Balaban J connectivity index is 1.77. The molecule has 106 valence electrons. The van der Waals surface area contributed by atoms with Crippen LogP contribution in [0, 0.1) is 0 Å². The summed E-state index contributed by atoms with van der Waals surface area (Å²) >= 11 is 9.31. The lowest BCUT2D eigenvalue weighted by atomic mass is 10.1. The van der Waals surface area contributed by atoms with Crippen molar-refractivity contribution in [3.05, 3.63) is 57.5 Å². The Morgan fingerprint density at radius 3 is 2.95 bits per heavy atom. The largest absolute Gasteiger partial charge is 0.308 e. The van der Waals surface area contributed by atoms with Crippen LogP contribution < -0.4 is 5.32 Å². The van der Waals surface area contributed by atoms with E-state index in [0.717, 1.165) is 20.9 Å². The van der Waals surface area contributed by atoms with Crippen molar-refractivity contribution in [3.63, 3.8) is 0 Å². The van der Waals surface area contributed by atoms with E-state index in [-0.39, 0.29) is 12.3 Å². The molecule has 1 aromatic heterocycles. The summed E-state index contributed by atoms with van der Waals surface area (Å²) in [5.74, 6) is 0.401. The van der Waals surface area contributed by atoms with Gasteiger partial charge in [0.05, 0.1) is 11.9 Å². The fraction of sp³-hybridized carbons (Fsp3) is 0.0667. The van der Waals surface area contributed by atoms with Crippen molar-refractivity contribution in [2.45, 2.75) is 6.42 Å². The van der Waals surface area contributed by atoms with Crippen LogP contribution in [0.15, 0.2) is 46.9 Å². The number of nitrogens with zero attached hydrogens (tertiary/aromatic N) is 1. The fourth-order valence-corrected chi connectivity index (χ4v) is 2.67. The molecule has 4 nitrogen and oxygen atoms in total. The van der Waals surface area contributed by atoms with Crippen molar-refractivity contribution in [2.24, 2.45) is 0 Å². The first-order chi connectivity index (χ1) is 10.1. The summed E-state index contributed by atoms with van der Waals surface area (Å²) in [7, 11) is 0. The Hall–Kier alpha value is -1.85. The molecule has 0 bridgehead atoms. The first-order valence-corrected chi connectivity index (χ1v) is 7.47. The molecule has 0 saturated carbocycles. The summed E-state index contributed by atoms with van der Waals surface area (Å²) < 4.78 is 0.954. The Kier molecular flexibility index (Phi) is 3.94. The number of H-pyrrole nitrogens is 1. The second-order valence-corrected chi connectivity index (χ2v) is 5.97. The first-order valence-electron chi connectivity index (χ1n) is 6.30. The third kappa shape index (κ3) is 3.25. The van der Waals surface area contributed by atoms with Crippen molar-refractivity contribution >= 4 is 50.2 Å². The Morgan fingerprint density at radius 1 is 1.29 bits per heavy atom. The van der Waals surface area contributed by atoms with Crippen molar-refractivity contribution in [1.29, 1.82) is 0 Å². The molecular weight excluding hydrogens is 354 g/mol. The zero-order chi connectivity index (χ0) is 14.8. The first kappa shape index (κ1) is 14.1. The third-order valence-electron chi connectivity index (χ3n) is 3.04. The summed E-state index contributed by atoms with van der Waals surface area (Å²) in [6.45, 7) is 0. The minimum atomic E-state index is -0.131. The minimum Gasteiger partial charge on any atom is -0.308 e. The van der Waals surface area contributed by atoms with E-state index in [1.807, 2.05) is 30.3 Å². The number of carbonyl (C=O) groups excluding carboxylic acids is 1. The molecule has 2 N–H and O–H groups in total. The van der Waals surface area contributed by atoms with Crippen molar-refractivity contribution in [2.75, 3.05) is 5.32 Å². The van der Waals surface area contributed by atoms with E-state index in [4.69, 9.17) is 11.6 Å². The number of carbonyl (C=O) groups is 1. The second kappa shape index (κ2) is 5.87. The fourth-order valence-electron chi connectivity index (χ4n) is 2.10. The highest BCUT2D eigenvalue weighted by Crippen LogP contribution is 2.24. The van der Waals surface area contributed by atoms with Crippen LogP contribution in [-0.2, 0) is 11.2 Å². The molecule has 0 aliphatic carbocycles. The van der Waals surface area contributed by atoms with Crippen LogP contribution in [0.5, 0.6) is 0 Å². The molecule has 3 rings (SSSR count). The highest BCUT2D eigenvalue weighted by atomic mass is 79.9. The number of aromatic nitrogens is 2. The van der Waals surface area contributed by atoms with Gasteiger partial charge in [-0.05, 0) is 35.9 Å². The van der Waals surface area contributed by atoms with E-state index in [0.29, 0.717) is 10.8 Å². The molecule has 0 atom stereocenters. The molecule has 2 aromatic carbocycles. The lowest BCUT2D eigenvalue weighted by Crippen LogP contribution is -2.14. The summed E-state index contributed by atoms with van der Waals surface area (Å²) in [5, 5.41) is 11.3. The van der Waals surface area contributed by atoms with Crippen LogP contribution in [0.2, 0.25) is 5.02 Å². The number of amides is 1. The molecule has 0 radical (unpaired) electrons. The minimum absolute atomic E-state index is 0.131. The van der Waals surface area contributed by atoms with Gasteiger partial charge in [-0.25, -0.2) is 0 Å². The average Bonchev–Trinajstić information content (AvgIpc) is 2.81. The van der Waals surface area contributed by atoms with Crippen LogP contribution in [0.3, 0.4) is 0 Å². The molecule has 21 heavy (non-hydrogen) atoms. The van der Waals surface area contributed by atoms with Gasteiger partial charge in [0, 0.05) is 14.9 Å². The normalized spacial score (nSPS) is 10.8. The van der Waals surface area contributed by atoms with Gasteiger partial charge in [-0.15, -0.1) is 0 Å². The van der Waals surface area contributed by atoms with Gasteiger partial charge in [0.15, 0.2) is 5.82 Å². The molecule has 0 fully saturated rings. The number of rotatable bonds is 3. The Morgan fingerprint density at radius 2 is 2.14 bits per heavy atom. The number of nitrogens with one attached hydrogen (secondary N) is 2. The van der Waals surface area contributed by atoms with Gasteiger partial charge in [-0.2, -0.15) is 5.10 Å². The number of hydrogen-bond acceptors (Lipinski definition) is 2. The van der Waals surface area contributed by atoms with Crippen LogP contribution >= 0.6 is 27.5 Å². The average molecular weight is 365 g/mol. The Labute approximate surface area is 134 Å². The zero-order valence-electron chi connectivity index (χ0n) is 10.9. The zero-order valence-corrected chi connectivity index (χ0v) is 13.2. The molecular formula is C15H11BrClN3O. The molecule has 1 amide bonds. The number of halogens is 2. The smallest absolute Gasteiger partial charge is 0.230 e. The van der Waals surface area contributed by atoms with E-state index in [2.05, 4.69) is 31.4 Å². The lowest BCUT2D eigenvalue weighted by molar-refractivity contribution is -0.115. The van der Waals surface area contributed by atoms with E-state index in [1.165, 1.54) is 0 Å². The van der Waals surface area contributed by atoms with Gasteiger partial charge in [0.2, 0.25) is 5.91 Å². The van der Waals surface area contributed by atoms with Crippen molar-refractivity contribution in [3.8, 4) is 0 Å². The number of aromatic amines is 1. The molecule has 0 spiro atoms. The van der Waals surface area contributed by atoms with Crippen LogP contribution in [0.4, 0.5) is 5.82 Å². The summed E-state index contributed by atoms with van der Waals surface area (Å²) in [6, 6.07) is 13.0. The third-order valence-corrected chi connectivity index (χ3v) is 3.76. The van der Waals surface area contributed by atoms with E-state index < -0.39 is 0 Å². The monoisotopic (exact) mass is 363 g/mol. The summed E-state index contributed by atoms with van der Waals surface area (Å²) in [5.41, 5.74) is 1.73. The second-order valence-electron chi connectivity index (χ2n) is 4.62. The predicted octanol–water partition coefficient (Wildman–Crippen LogP) is 4.16. The van der Waals surface area contributed by atoms with E-state index in [9.17, 15) is 4.79 Å². The molecule has 1 heterocycles. The molecule has 0 saturated heterocycles. The molecule has 0 aliphatic rings. The highest BCUT2D eigenvalue weighted by Gasteiger charge is 2.10. The quantitative estimate of drug-likeness (QED) is 0.733. The van der Waals surface area contributed by atoms with E-state index in [1.54, 1.807) is 12.1 Å². The molecule has 6 heteroatoms. The van der Waals surface area contributed by atoms with Crippen LogP contribution in [0.1, 0.15) is 5.56 Å².